The Morgan fingerprint density at radius 2 is 2.36 bits per heavy atom. The Morgan fingerprint density at radius 1 is 1.43 bits per heavy atom. The van der Waals surface area contributed by atoms with E-state index in [1.165, 1.54) is 17.1 Å². The third kappa shape index (κ3) is 1.23. The third-order valence-electron chi connectivity index (χ3n) is 2.49. The van der Waals surface area contributed by atoms with Gasteiger partial charge in [0.2, 0.25) is 0 Å². The van der Waals surface area contributed by atoms with Crippen LogP contribution in [0.4, 0.5) is 0 Å². The van der Waals surface area contributed by atoms with Crippen LogP contribution in [0.2, 0.25) is 5.02 Å². The Kier molecular flexibility index (Phi) is 1.96. The minimum atomic E-state index is 0.772. The summed E-state index contributed by atoms with van der Waals surface area (Å²) in [6.07, 6.45) is 3.04. The molecule has 3 rings (SSSR count). The summed E-state index contributed by atoms with van der Waals surface area (Å²) in [5.41, 5.74) is 3.58. The molecule has 0 fully saturated rings. The summed E-state index contributed by atoms with van der Waals surface area (Å²) in [6.45, 7) is 0. The number of fused-ring (bicyclic) bond motifs is 3. The fourth-order valence-corrected chi connectivity index (χ4v) is 2.95. The molecule has 1 aliphatic heterocycles. The molecule has 72 valence electrons. The molecule has 0 aliphatic carbocycles. The first-order valence-electron chi connectivity index (χ1n) is 4.58. The van der Waals surface area contributed by atoms with Gasteiger partial charge in [-0.05, 0) is 17.9 Å². The molecular weight excluding hydrogens is 216 g/mol. The van der Waals surface area contributed by atoms with E-state index in [9.17, 15) is 0 Å². The van der Waals surface area contributed by atoms with Gasteiger partial charge in [0, 0.05) is 18.4 Å². The van der Waals surface area contributed by atoms with Crippen LogP contribution < -0.4 is 0 Å². The van der Waals surface area contributed by atoms with Gasteiger partial charge in [0.1, 0.15) is 5.65 Å². The van der Waals surface area contributed by atoms with Crippen LogP contribution in [0.5, 0.6) is 0 Å². The molecule has 2 aromatic heterocycles. The zero-order chi connectivity index (χ0) is 9.54. The van der Waals surface area contributed by atoms with Gasteiger partial charge in [0.15, 0.2) is 0 Å². The van der Waals surface area contributed by atoms with Crippen molar-refractivity contribution in [3.05, 3.63) is 34.7 Å². The standard InChI is InChI=1S/C10H9ClN2S/c11-7-1-2-10-12-8-3-4-14-6-9(8)13(10)5-7/h1-2,5H,3-4,6H2. The van der Waals surface area contributed by atoms with Gasteiger partial charge in [-0.25, -0.2) is 4.98 Å². The first-order chi connectivity index (χ1) is 6.84. The van der Waals surface area contributed by atoms with Crippen molar-refractivity contribution in [2.45, 2.75) is 12.2 Å². The molecule has 2 nitrogen and oxygen atoms in total. The van der Waals surface area contributed by atoms with Gasteiger partial charge in [0.05, 0.1) is 16.4 Å². The molecule has 2 aromatic rings. The van der Waals surface area contributed by atoms with E-state index in [0.717, 1.165) is 22.8 Å². The highest BCUT2D eigenvalue weighted by Gasteiger charge is 2.15. The SMILES string of the molecule is Clc1ccc2nc3c(n2c1)CSCC3. The Morgan fingerprint density at radius 3 is 3.29 bits per heavy atom. The Labute approximate surface area is 91.3 Å². The zero-order valence-corrected chi connectivity index (χ0v) is 9.11. The number of imidazole rings is 1. The average Bonchev–Trinajstić information content (AvgIpc) is 2.56. The number of halogens is 1. The van der Waals surface area contributed by atoms with E-state index in [-0.39, 0.29) is 0 Å². The van der Waals surface area contributed by atoms with Gasteiger partial charge < -0.3 is 4.40 Å². The summed E-state index contributed by atoms with van der Waals surface area (Å²) in [5, 5.41) is 0.772. The molecule has 0 radical (unpaired) electrons. The van der Waals surface area contributed by atoms with Crippen molar-refractivity contribution in [2.75, 3.05) is 5.75 Å². The molecule has 0 aromatic carbocycles. The molecule has 0 spiro atoms. The number of pyridine rings is 1. The van der Waals surface area contributed by atoms with Crippen molar-refractivity contribution in [1.82, 2.24) is 9.38 Å². The number of hydrogen-bond donors (Lipinski definition) is 0. The summed E-state index contributed by atoms with van der Waals surface area (Å²) in [4.78, 5) is 4.59. The van der Waals surface area contributed by atoms with Crippen molar-refractivity contribution in [2.24, 2.45) is 0 Å². The minimum absolute atomic E-state index is 0.772. The van der Waals surface area contributed by atoms with Crippen molar-refractivity contribution in [3.63, 3.8) is 0 Å². The molecule has 0 amide bonds. The molecule has 1 aliphatic rings. The Balaban J connectivity index is 2.32. The first kappa shape index (κ1) is 8.62. The number of rotatable bonds is 0. The van der Waals surface area contributed by atoms with E-state index in [1.54, 1.807) is 0 Å². The maximum Gasteiger partial charge on any atom is 0.137 e. The smallest absolute Gasteiger partial charge is 0.137 e. The van der Waals surface area contributed by atoms with Crippen LogP contribution in [0.3, 0.4) is 0 Å². The van der Waals surface area contributed by atoms with E-state index in [1.807, 2.05) is 30.1 Å². The van der Waals surface area contributed by atoms with Crippen molar-refractivity contribution < 1.29 is 0 Å². The number of hydrogen-bond acceptors (Lipinski definition) is 2. The predicted molar refractivity (Wildman–Crippen MR) is 60.1 cm³/mol. The fourth-order valence-electron chi connectivity index (χ4n) is 1.81. The van der Waals surface area contributed by atoms with Crippen LogP contribution in [-0.2, 0) is 12.2 Å². The van der Waals surface area contributed by atoms with Crippen LogP contribution in [0.15, 0.2) is 18.3 Å². The predicted octanol–water partition coefficient (Wildman–Crippen LogP) is 2.78. The van der Waals surface area contributed by atoms with Gasteiger partial charge in [-0.3, -0.25) is 0 Å². The lowest BCUT2D eigenvalue weighted by atomic mass is 10.3. The van der Waals surface area contributed by atoms with Crippen molar-refractivity contribution >= 4 is 29.0 Å². The van der Waals surface area contributed by atoms with Gasteiger partial charge in [-0.1, -0.05) is 11.6 Å². The van der Waals surface area contributed by atoms with Crippen LogP contribution in [0.1, 0.15) is 11.4 Å². The third-order valence-corrected chi connectivity index (χ3v) is 3.68. The van der Waals surface area contributed by atoms with Gasteiger partial charge in [0.25, 0.3) is 0 Å². The lowest BCUT2D eigenvalue weighted by molar-refractivity contribution is 0.992. The average molecular weight is 225 g/mol. The number of nitrogens with zero attached hydrogens (tertiary/aromatic N) is 2. The molecule has 14 heavy (non-hydrogen) atoms. The van der Waals surface area contributed by atoms with E-state index < -0.39 is 0 Å². The van der Waals surface area contributed by atoms with Crippen LogP contribution in [0.25, 0.3) is 5.65 Å². The maximum atomic E-state index is 5.96. The lowest BCUT2D eigenvalue weighted by Gasteiger charge is -2.09. The van der Waals surface area contributed by atoms with E-state index in [0.29, 0.717) is 0 Å². The van der Waals surface area contributed by atoms with E-state index in [4.69, 9.17) is 11.6 Å². The topological polar surface area (TPSA) is 17.3 Å². The van der Waals surface area contributed by atoms with Crippen LogP contribution in [-0.4, -0.2) is 15.1 Å². The summed E-state index contributed by atoms with van der Waals surface area (Å²) in [5.74, 6) is 2.24. The second-order valence-electron chi connectivity index (χ2n) is 3.38. The van der Waals surface area contributed by atoms with Crippen LogP contribution >= 0.6 is 23.4 Å². The summed E-state index contributed by atoms with van der Waals surface area (Å²) in [7, 11) is 0. The van der Waals surface area contributed by atoms with E-state index in [2.05, 4.69) is 9.38 Å². The normalized spacial score (nSPS) is 15.8. The zero-order valence-electron chi connectivity index (χ0n) is 7.53. The Bertz CT molecular complexity index is 492. The minimum Gasteiger partial charge on any atom is -0.301 e. The fraction of sp³-hybridized carbons (Fsp3) is 0.300. The molecular formula is C10H9ClN2S. The van der Waals surface area contributed by atoms with Crippen LogP contribution in [0, 0.1) is 0 Å². The molecule has 3 heterocycles. The molecule has 0 unspecified atom stereocenters. The number of thioether (sulfide) groups is 1. The summed E-state index contributed by atoms with van der Waals surface area (Å²) >= 11 is 7.92. The summed E-state index contributed by atoms with van der Waals surface area (Å²) in [6, 6.07) is 3.87. The highest BCUT2D eigenvalue weighted by Crippen LogP contribution is 2.26. The molecule has 0 bridgehead atoms. The van der Waals surface area contributed by atoms with Gasteiger partial charge >= 0.3 is 0 Å². The van der Waals surface area contributed by atoms with Gasteiger partial charge in [-0.15, -0.1) is 0 Å². The monoisotopic (exact) mass is 224 g/mol. The highest BCUT2D eigenvalue weighted by atomic mass is 35.5. The molecule has 0 saturated heterocycles. The quantitative estimate of drug-likeness (QED) is 0.685. The highest BCUT2D eigenvalue weighted by molar-refractivity contribution is 7.98. The second kappa shape index (κ2) is 3.17. The maximum absolute atomic E-state index is 5.96. The molecule has 0 atom stereocenters. The van der Waals surface area contributed by atoms with Gasteiger partial charge in [-0.2, -0.15) is 11.8 Å². The first-order valence-corrected chi connectivity index (χ1v) is 6.11. The Hall–Kier alpha value is -0.670. The molecule has 0 saturated carbocycles. The second-order valence-corrected chi connectivity index (χ2v) is 4.92. The summed E-state index contributed by atoms with van der Waals surface area (Å²) < 4.78 is 2.11. The number of aromatic nitrogens is 2. The lowest BCUT2D eigenvalue weighted by Crippen LogP contribution is -2.02. The molecule has 0 N–H and O–H groups in total. The largest absolute Gasteiger partial charge is 0.301 e. The molecule has 4 heteroatoms. The number of aryl methyl sites for hydroxylation is 1. The van der Waals surface area contributed by atoms with Crippen molar-refractivity contribution in [1.29, 1.82) is 0 Å². The van der Waals surface area contributed by atoms with Crippen molar-refractivity contribution in [3.8, 4) is 0 Å². The van der Waals surface area contributed by atoms with E-state index >= 15 is 0 Å².